The molecule has 0 aliphatic carbocycles. The molecule has 0 aromatic carbocycles. The molecular weight excluding hydrogens is 368 g/mol. The number of rotatable bonds is 5. The Kier molecular flexibility index (Phi) is 4.85. The van der Waals surface area contributed by atoms with Crippen LogP contribution < -0.4 is 0 Å². The molecule has 0 fully saturated rings. The number of aliphatic hydroxyl groups is 1. The Morgan fingerprint density at radius 2 is 2.14 bits per heavy atom. The Hall–Kier alpha value is -3.52. The van der Waals surface area contributed by atoms with Crippen LogP contribution in [0.5, 0.6) is 5.88 Å². The maximum Gasteiger partial charge on any atom is 0.198 e. The monoisotopic (exact) mass is 390 g/mol. The molecule has 0 radical (unpaired) electrons. The number of aromatic hydroxyl groups is 1. The fourth-order valence-corrected chi connectivity index (χ4v) is 3.36. The maximum absolute atomic E-state index is 10.5. The lowest BCUT2D eigenvalue weighted by Gasteiger charge is -2.05. The van der Waals surface area contributed by atoms with Crippen molar-refractivity contribution in [2.75, 3.05) is 0 Å². The number of aromatic nitrogens is 5. The molecule has 29 heavy (non-hydrogen) atoms. The van der Waals surface area contributed by atoms with Gasteiger partial charge in [-0.25, -0.2) is 4.99 Å². The third-order valence-corrected chi connectivity index (χ3v) is 4.71. The molecule has 1 atom stereocenters. The summed E-state index contributed by atoms with van der Waals surface area (Å²) < 4.78 is 1.64. The Bertz CT molecular complexity index is 1210. The van der Waals surface area contributed by atoms with E-state index in [0.29, 0.717) is 23.5 Å². The first-order chi connectivity index (χ1) is 13.9. The molecule has 0 saturated heterocycles. The van der Waals surface area contributed by atoms with Crippen LogP contribution in [0, 0.1) is 6.92 Å². The zero-order valence-electron chi connectivity index (χ0n) is 16.5. The van der Waals surface area contributed by atoms with Crippen LogP contribution in [0.15, 0.2) is 48.1 Å². The van der Waals surface area contributed by atoms with Crippen LogP contribution in [0.4, 0.5) is 5.69 Å². The van der Waals surface area contributed by atoms with Gasteiger partial charge in [0.25, 0.3) is 0 Å². The van der Waals surface area contributed by atoms with Gasteiger partial charge in [-0.2, -0.15) is 5.10 Å². The lowest BCUT2D eigenvalue weighted by molar-refractivity contribution is 0.168. The lowest BCUT2D eigenvalue weighted by atomic mass is 10.0. The van der Waals surface area contributed by atoms with Gasteiger partial charge in [0.2, 0.25) is 0 Å². The van der Waals surface area contributed by atoms with Crippen molar-refractivity contribution in [1.29, 1.82) is 0 Å². The van der Waals surface area contributed by atoms with Crippen molar-refractivity contribution in [2.45, 2.75) is 33.4 Å². The SMILES string of the molecule is CC(=Nc1cnn(C[C@H](C)O)c1)c1c(O)[nH]c2cnc(-c3cnccc3C)cc12. The van der Waals surface area contributed by atoms with Gasteiger partial charge in [0.1, 0.15) is 5.69 Å². The molecule has 148 valence electrons. The van der Waals surface area contributed by atoms with E-state index in [4.69, 9.17) is 0 Å². The summed E-state index contributed by atoms with van der Waals surface area (Å²) in [4.78, 5) is 16.3. The quantitative estimate of drug-likeness (QED) is 0.452. The van der Waals surface area contributed by atoms with Crippen LogP contribution in [0.1, 0.15) is 25.0 Å². The predicted octanol–water partition coefficient (Wildman–Crippen LogP) is 3.36. The molecular formula is C21H22N6O2. The molecule has 3 N–H and O–H groups in total. The average molecular weight is 390 g/mol. The molecule has 4 heterocycles. The minimum Gasteiger partial charge on any atom is -0.494 e. The number of aromatic amines is 1. The van der Waals surface area contributed by atoms with E-state index in [0.717, 1.165) is 27.7 Å². The zero-order chi connectivity index (χ0) is 20.5. The average Bonchev–Trinajstić information content (AvgIpc) is 3.23. The number of nitrogens with zero attached hydrogens (tertiary/aromatic N) is 5. The highest BCUT2D eigenvalue weighted by Crippen LogP contribution is 2.32. The van der Waals surface area contributed by atoms with E-state index in [2.05, 4.69) is 25.0 Å². The lowest BCUT2D eigenvalue weighted by Crippen LogP contribution is -2.11. The third kappa shape index (κ3) is 3.74. The molecule has 0 aliphatic heterocycles. The minimum atomic E-state index is -0.493. The number of aliphatic hydroxyl groups excluding tert-OH is 1. The molecule has 0 saturated carbocycles. The van der Waals surface area contributed by atoms with Crippen LogP contribution in [0.3, 0.4) is 0 Å². The van der Waals surface area contributed by atoms with Gasteiger partial charge in [-0.1, -0.05) is 0 Å². The summed E-state index contributed by atoms with van der Waals surface area (Å²) in [5, 5.41) is 25.0. The summed E-state index contributed by atoms with van der Waals surface area (Å²) in [7, 11) is 0. The van der Waals surface area contributed by atoms with Gasteiger partial charge in [0.15, 0.2) is 5.88 Å². The Balaban J connectivity index is 1.76. The first kappa shape index (κ1) is 18.8. The molecule has 8 nitrogen and oxygen atoms in total. The van der Waals surface area contributed by atoms with Crippen LogP contribution in [-0.4, -0.2) is 46.8 Å². The van der Waals surface area contributed by atoms with E-state index in [1.165, 1.54) is 0 Å². The number of pyridine rings is 2. The predicted molar refractivity (Wildman–Crippen MR) is 112 cm³/mol. The second-order valence-corrected chi connectivity index (χ2v) is 7.12. The summed E-state index contributed by atoms with van der Waals surface area (Å²) >= 11 is 0. The Morgan fingerprint density at radius 1 is 1.31 bits per heavy atom. The normalized spacial score (nSPS) is 13.2. The highest BCUT2D eigenvalue weighted by Gasteiger charge is 2.16. The summed E-state index contributed by atoms with van der Waals surface area (Å²) in [6, 6.07) is 3.87. The highest BCUT2D eigenvalue weighted by atomic mass is 16.3. The topological polar surface area (TPSA) is 112 Å². The second kappa shape index (κ2) is 7.48. The van der Waals surface area contributed by atoms with Crippen LogP contribution in [-0.2, 0) is 6.54 Å². The number of fused-ring (bicyclic) bond motifs is 1. The van der Waals surface area contributed by atoms with Crippen molar-refractivity contribution in [3.8, 4) is 17.1 Å². The molecule has 4 rings (SSSR count). The summed E-state index contributed by atoms with van der Waals surface area (Å²) in [5.41, 5.74) is 5.43. The van der Waals surface area contributed by atoms with Gasteiger partial charge in [0, 0.05) is 23.3 Å². The molecule has 4 aromatic rings. The zero-order valence-corrected chi connectivity index (χ0v) is 16.5. The van der Waals surface area contributed by atoms with Gasteiger partial charge in [-0.3, -0.25) is 14.6 Å². The molecule has 8 heteroatoms. The summed E-state index contributed by atoms with van der Waals surface area (Å²) in [6.45, 7) is 5.95. The van der Waals surface area contributed by atoms with Crippen molar-refractivity contribution < 1.29 is 10.2 Å². The number of hydrogen-bond acceptors (Lipinski definition) is 6. The van der Waals surface area contributed by atoms with Gasteiger partial charge in [0.05, 0.1) is 53.7 Å². The van der Waals surface area contributed by atoms with Gasteiger partial charge < -0.3 is 15.2 Å². The summed E-state index contributed by atoms with van der Waals surface area (Å²) in [5.74, 6) is 0.0412. The largest absolute Gasteiger partial charge is 0.494 e. The maximum atomic E-state index is 10.5. The van der Waals surface area contributed by atoms with Crippen LogP contribution in [0.2, 0.25) is 0 Å². The first-order valence-corrected chi connectivity index (χ1v) is 9.30. The van der Waals surface area contributed by atoms with Crippen molar-refractivity contribution in [1.82, 2.24) is 24.7 Å². The van der Waals surface area contributed by atoms with E-state index < -0.39 is 6.10 Å². The number of aliphatic imine (C=N–C) groups is 1. The first-order valence-electron chi connectivity index (χ1n) is 9.30. The van der Waals surface area contributed by atoms with Gasteiger partial charge in [-0.05, 0) is 38.5 Å². The van der Waals surface area contributed by atoms with Gasteiger partial charge >= 0.3 is 0 Å². The van der Waals surface area contributed by atoms with Crippen molar-refractivity contribution in [3.05, 3.63) is 54.2 Å². The molecule has 0 aliphatic rings. The van der Waals surface area contributed by atoms with E-state index in [9.17, 15) is 10.2 Å². The Labute approximate surface area is 167 Å². The fraction of sp³-hybridized carbons (Fsp3) is 0.238. The summed E-state index contributed by atoms with van der Waals surface area (Å²) in [6.07, 6.45) is 8.13. The molecule has 0 unspecified atom stereocenters. The number of hydrogen-bond donors (Lipinski definition) is 3. The van der Waals surface area contributed by atoms with Gasteiger partial charge in [-0.15, -0.1) is 0 Å². The second-order valence-electron chi connectivity index (χ2n) is 7.12. The van der Waals surface area contributed by atoms with Crippen LogP contribution in [0.25, 0.3) is 22.2 Å². The minimum absolute atomic E-state index is 0.0412. The van der Waals surface area contributed by atoms with Crippen molar-refractivity contribution >= 4 is 22.3 Å². The van der Waals surface area contributed by atoms with E-state index in [1.54, 1.807) is 42.6 Å². The molecule has 0 bridgehead atoms. The number of nitrogens with one attached hydrogen (secondary N) is 1. The van der Waals surface area contributed by atoms with Crippen LogP contribution >= 0.6 is 0 Å². The smallest absolute Gasteiger partial charge is 0.198 e. The van der Waals surface area contributed by atoms with Crippen molar-refractivity contribution in [2.24, 2.45) is 4.99 Å². The standard InChI is InChI=1S/C21H22N6O2/c1-12-4-5-22-8-17(12)18-6-16-19(9-23-18)26-21(29)20(16)14(3)25-15-7-24-27(11-15)10-13(2)28/h4-9,11,13,26,28-29H,10H2,1-3H3/t13-/m0/s1. The molecule has 0 amide bonds. The van der Waals surface area contributed by atoms with E-state index in [-0.39, 0.29) is 5.88 Å². The third-order valence-electron chi connectivity index (χ3n) is 4.71. The van der Waals surface area contributed by atoms with E-state index >= 15 is 0 Å². The van der Waals surface area contributed by atoms with E-state index in [1.807, 2.05) is 26.0 Å². The highest BCUT2D eigenvalue weighted by molar-refractivity contribution is 6.13. The molecule has 4 aromatic heterocycles. The number of H-pyrrole nitrogens is 1. The number of aryl methyl sites for hydroxylation is 1. The Morgan fingerprint density at radius 3 is 2.90 bits per heavy atom. The fourth-order valence-electron chi connectivity index (χ4n) is 3.36. The molecule has 0 spiro atoms. The van der Waals surface area contributed by atoms with Crippen molar-refractivity contribution in [3.63, 3.8) is 0 Å².